The van der Waals surface area contributed by atoms with E-state index in [9.17, 15) is 13.2 Å². The number of nitrogens with zero attached hydrogens (tertiary/aromatic N) is 5. The number of rotatable bonds is 4. The number of aromatic nitrogens is 1. The van der Waals surface area contributed by atoms with Crippen molar-refractivity contribution in [2.24, 2.45) is 0 Å². The summed E-state index contributed by atoms with van der Waals surface area (Å²) in [7, 11) is -1.46. The normalized spacial score (nSPS) is 20.3. The molecule has 4 rings (SSSR count). The number of likely N-dealkylation sites (N-methyl/N-ethyl adjacent to an activating group) is 1. The first-order chi connectivity index (χ1) is 13.9. The zero-order chi connectivity index (χ0) is 20.6. The van der Waals surface area contributed by atoms with Crippen LogP contribution in [0.2, 0.25) is 0 Å². The molecule has 8 nitrogen and oxygen atoms in total. The Morgan fingerprint density at radius 1 is 1.03 bits per heavy atom. The van der Waals surface area contributed by atoms with Gasteiger partial charge in [-0.3, -0.25) is 4.79 Å². The number of thiazole rings is 1. The average Bonchev–Trinajstić information content (AvgIpc) is 3.37. The molecule has 2 aliphatic heterocycles. The van der Waals surface area contributed by atoms with Crippen LogP contribution in [-0.4, -0.2) is 97.1 Å². The molecule has 4 heterocycles. The molecule has 29 heavy (non-hydrogen) atoms. The summed E-state index contributed by atoms with van der Waals surface area (Å²) >= 11 is 3.01. The number of amides is 1. The molecule has 0 aliphatic carbocycles. The maximum absolute atomic E-state index is 13.0. The predicted molar refractivity (Wildman–Crippen MR) is 116 cm³/mol. The van der Waals surface area contributed by atoms with Crippen LogP contribution in [0.15, 0.2) is 16.8 Å². The van der Waals surface area contributed by atoms with Crippen LogP contribution in [0.3, 0.4) is 0 Å². The molecule has 0 saturated carbocycles. The van der Waals surface area contributed by atoms with Crippen molar-refractivity contribution in [1.82, 2.24) is 23.4 Å². The summed E-state index contributed by atoms with van der Waals surface area (Å²) in [5.41, 5.74) is 1.76. The topological polar surface area (TPSA) is 77.1 Å². The summed E-state index contributed by atoms with van der Waals surface area (Å²) in [6, 6.07) is 2.00. The van der Waals surface area contributed by atoms with Crippen LogP contribution in [0.4, 0.5) is 0 Å². The minimum Gasteiger partial charge on any atom is -0.335 e. The first kappa shape index (κ1) is 20.9. The van der Waals surface area contributed by atoms with E-state index in [4.69, 9.17) is 0 Å². The Morgan fingerprint density at radius 2 is 1.66 bits per heavy atom. The van der Waals surface area contributed by atoms with Crippen LogP contribution in [0.25, 0.3) is 10.6 Å². The van der Waals surface area contributed by atoms with Crippen molar-refractivity contribution in [3.05, 3.63) is 27.4 Å². The minimum atomic E-state index is -3.46. The van der Waals surface area contributed by atoms with E-state index in [1.54, 1.807) is 20.5 Å². The molecular weight excluding hydrogens is 430 g/mol. The molecule has 0 atom stereocenters. The van der Waals surface area contributed by atoms with Crippen molar-refractivity contribution in [2.75, 3.05) is 59.4 Å². The number of aryl methyl sites for hydroxylation is 1. The van der Waals surface area contributed by atoms with Gasteiger partial charge in [-0.25, -0.2) is 4.98 Å². The lowest BCUT2D eigenvalue weighted by molar-refractivity contribution is 0.0696. The number of thiophene rings is 1. The van der Waals surface area contributed by atoms with E-state index in [0.717, 1.165) is 29.4 Å². The average molecular weight is 456 g/mol. The van der Waals surface area contributed by atoms with Crippen molar-refractivity contribution in [3.63, 3.8) is 0 Å². The number of hydrogen-bond acceptors (Lipinski definition) is 7. The molecule has 2 aliphatic rings. The fraction of sp³-hybridized carbons (Fsp3) is 0.556. The molecule has 2 aromatic heterocycles. The van der Waals surface area contributed by atoms with E-state index >= 15 is 0 Å². The Bertz CT molecular complexity index is 957. The second-order valence-electron chi connectivity index (χ2n) is 7.35. The van der Waals surface area contributed by atoms with Crippen molar-refractivity contribution >= 4 is 38.8 Å². The lowest BCUT2D eigenvalue weighted by atomic mass is 10.3. The van der Waals surface area contributed by atoms with Gasteiger partial charge in [0.2, 0.25) is 0 Å². The van der Waals surface area contributed by atoms with Gasteiger partial charge in [0.25, 0.3) is 16.1 Å². The van der Waals surface area contributed by atoms with Crippen molar-refractivity contribution in [3.8, 4) is 10.6 Å². The summed E-state index contributed by atoms with van der Waals surface area (Å²) in [6.07, 6.45) is 0. The van der Waals surface area contributed by atoms with Gasteiger partial charge in [0.15, 0.2) is 0 Å². The van der Waals surface area contributed by atoms with Gasteiger partial charge in [-0.15, -0.1) is 11.3 Å². The highest BCUT2D eigenvalue weighted by Crippen LogP contribution is 2.30. The zero-order valence-corrected chi connectivity index (χ0v) is 19.0. The lowest BCUT2D eigenvalue weighted by Crippen LogP contribution is -2.57. The molecule has 0 spiro atoms. The van der Waals surface area contributed by atoms with E-state index in [1.165, 1.54) is 15.6 Å². The molecule has 0 aromatic carbocycles. The van der Waals surface area contributed by atoms with Crippen molar-refractivity contribution < 1.29 is 13.2 Å². The SMILES string of the molecule is Cc1nc(-c2ccsc2)sc1C(=O)N1CCN(S(=O)(=O)N2CCN(C)CC2)CC1. The molecule has 0 bridgehead atoms. The number of carbonyl (C=O) groups is 1. The summed E-state index contributed by atoms with van der Waals surface area (Å²) in [4.78, 5) is 22.1. The van der Waals surface area contributed by atoms with Crippen LogP contribution < -0.4 is 0 Å². The highest BCUT2D eigenvalue weighted by molar-refractivity contribution is 7.86. The third-order valence-electron chi connectivity index (χ3n) is 5.40. The fourth-order valence-corrected chi connectivity index (χ4v) is 6.87. The number of carbonyl (C=O) groups excluding carboxylic acids is 1. The summed E-state index contributed by atoms with van der Waals surface area (Å²) in [5.74, 6) is -0.0573. The van der Waals surface area contributed by atoms with E-state index in [0.29, 0.717) is 44.1 Å². The Kier molecular flexibility index (Phi) is 6.05. The second-order valence-corrected chi connectivity index (χ2v) is 11.1. The van der Waals surface area contributed by atoms with Gasteiger partial charge >= 0.3 is 0 Å². The highest BCUT2D eigenvalue weighted by Gasteiger charge is 2.35. The third-order valence-corrected chi connectivity index (χ3v) is 9.31. The molecule has 0 N–H and O–H groups in total. The lowest BCUT2D eigenvalue weighted by Gasteiger charge is -2.39. The Labute approximate surface area is 179 Å². The number of hydrogen-bond donors (Lipinski definition) is 0. The van der Waals surface area contributed by atoms with E-state index in [2.05, 4.69) is 9.88 Å². The van der Waals surface area contributed by atoms with Gasteiger partial charge in [-0.1, -0.05) is 0 Å². The van der Waals surface area contributed by atoms with Gasteiger partial charge in [0, 0.05) is 63.3 Å². The van der Waals surface area contributed by atoms with E-state index in [1.807, 2.05) is 30.8 Å². The summed E-state index contributed by atoms with van der Waals surface area (Å²) < 4.78 is 28.9. The Balaban J connectivity index is 1.40. The summed E-state index contributed by atoms with van der Waals surface area (Å²) in [5, 5.41) is 4.87. The van der Waals surface area contributed by atoms with Crippen LogP contribution in [0.5, 0.6) is 0 Å². The van der Waals surface area contributed by atoms with E-state index < -0.39 is 10.2 Å². The summed E-state index contributed by atoms with van der Waals surface area (Å²) in [6.45, 7) is 5.84. The van der Waals surface area contributed by atoms with Gasteiger partial charge in [-0.2, -0.15) is 28.4 Å². The smallest absolute Gasteiger partial charge is 0.282 e. The predicted octanol–water partition coefficient (Wildman–Crippen LogP) is 1.43. The Morgan fingerprint density at radius 3 is 2.24 bits per heavy atom. The standard InChI is InChI=1S/C18H25N5O3S3/c1-14-16(28-17(19-14)15-3-12-27-13-15)18(24)21-6-10-23(11-7-21)29(25,26)22-8-4-20(2)5-9-22/h3,12-13H,4-11H2,1-2H3. The highest BCUT2D eigenvalue weighted by atomic mass is 32.2. The molecule has 0 radical (unpaired) electrons. The largest absolute Gasteiger partial charge is 0.335 e. The zero-order valence-electron chi connectivity index (χ0n) is 16.6. The molecule has 0 unspecified atom stereocenters. The molecule has 2 fully saturated rings. The van der Waals surface area contributed by atoms with Crippen LogP contribution in [-0.2, 0) is 10.2 Å². The number of piperazine rings is 2. The fourth-order valence-electron chi connectivity index (χ4n) is 3.55. The second kappa shape index (κ2) is 8.40. The van der Waals surface area contributed by atoms with Gasteiger partial charge in [0.1, 0.15) is 9.88 Å². The maximum atomic E-state index is 13.0. The first-order valence-electron chi connectivity index (χ1n) is 9.59. The van der Waals surface area contributed by atoms with Crippen LogP contribution in [0.1, 0.15) is 15.4 Å². The molecule has 11 heteroatoms. The molecular formula is C18H25N5O3S3. The van der Waals surface area contributed by atoms with Gasteiger partial charge < -0.3 is 9.80 Å². The van der Waals surface area contributed by atoms with Crippen LogP contribution >= 0.6 is 22.7 Å². The van der Waals surface area contributed by atoms with Crippen molar-refractivity contribution in [1.29, 1.82) is 0 Å². The molecule has 2 aromatic rings. The van der Waals surface area contributed by atoms with Gasteiger partial charge in [0.05, 0.1) is 5.69 Å². The van der Waals surface area contributed by atoms with Gasteiger partial charge in [-0.05, 0) is 25.4 Å². The maximum Gasteiger partial charge on any atom is 0.282 e. The van der Waals surface area contributed by atoms with Crippen LogP contribution in [0, 0.1) is 6.92 Å². The first-order valence-corrected chi connectivity index (χ1v) is 12.7. The van der Waals surface area contributed by atoms with E-state index in [-0.39, 0.29) is 5.91 Å². The minimum absolute atomic E-state index is 0.0573. The monoisotopic (exact) mass is 455 g/mol. The Hall–Kier alpha value is -1.37. The third kappa shape index (κ3) is 4.25. The molecule has 1 amide bonds. The molecule has 158 valence electrons. The molecule has 2 saturated heterocycles. The van der Waals surface area contributed by atoms with Crippen molar-refractivity contribution in [2.45, 2.75) is 6.92 Å². The quantitative estimate of drug-likeness (QED) is 0.697.